The van der Waals surface area contributed by atoms with Crippen molar-refractivity contribution in [2.45, 2.75) is 0 Å². The number of anilines is 2. The van der Waals surface area contributed by atoms with Gasteiger partial charge < -0.3 is 4.90 Å². The molecule has 0 saturated carbocycles. The molecule has 9 heteroatoms. The Morgan fingerprint density at radius 3 is 2.68 bits per heavy atom. The Labute approximate surface area is 143 Å². The number of hydrogen-bond acceptors (Lipinski definition) is 8. The first-order chi connectivity index (χ1) is 12.2. The van der Waals surface area contributed by atoms with Crippen LogP contribution in [0.25, 0.3) is 11.2 Å². The summed E-state index contributed by atoms with van der Waals surface area (Å²) in [4.78, 5) is 15.1. The van der Waals surface area contributed by atoms with Gasteiger partial charge in [-0.05, 0) is 19.2 Å². The molecule has 3 heterocycles. The van der Waals surface area contributed by atoms with Gasteiger partial charge in [0.05, 0.1) is 11.9 Å². The van der Waals surface area contributed by atoms with Gasteiger partial charge >= 0.3 is 0 Å². The maximum Gasteiger partial charge on any atom is 0.247 e. The van der Waals surface area contributed by atoms with Gasteiger partial charge in [0.1, 0.15) is 17.7 Å². The van der Waals surface area contributed by atoms with Crippen LogP contribution < -0.4 is 5.01 Å². The molecule has 1 aromatic carbocycles. The van der Waals surface area contributed by atoms with Crippen LogP contribution in [-0.4, -0.2) is 68.3 Å². The van der Waals surface area contributed by atoms with Gasteiger partial charge in [-0.2, -0.15) is 4.98 Å². The third-order valence-corrected chi connectivity index (χ3v) is 4.17. The largest absolute Gasteiger partial charge is 0.304 e. The van der Waals surface area contributed by atoms with Crippen LogP contribution in [0, 0.1) is 5.82 Å². The molecule has 0 amide bonds. The van der Waals surface area contributed by atoms with Crippen molar-refractivity contribution in [1.29, 1.82) is 0 Å². The molecule has 4 rings (SSSR count). The van der Waals surface area contributed by atoms with Crippen LogP contribution in [0.15, 0.2) is 36.8 Å². The van der Waals surface area contributed by atoms with Gasteiger partial charge in [-0.15, -0.1) is 10.2 Å². The molecule has 128 valence electrons. The van der Waals surface area contributed by atoms with E-state index in [1.165, 1.54) is 12.4 Å². The number of hydrazine groups is 1. The van der Waals surface area contributed by atoms with Crippen molar-refractivity contribution in [1.82, 2.24) is 35.1 Å². The summed E-state index contributed by atoms with van der Waals surface area (Å²) in [7, 11) is 2.07. The Kier molecular flexibility index (Phi) is 4.16. The fourth-order valence-electron chi connectivity index (χ4n) is 2.80. The van der Waals surface area contributed by atoms with E-state index < -0.39 is 0 Å². The molecule has 0 atom stereocenters. The van der Waals surface area contributed by atoms with Gasteiger partial charge in [0.15, 0.2) is 0 Å². The van der Waals surface area contributed by atoms with E-state index >= 15 is 0 Å². The Morgan fingerprint density at radius 1 is 1.08 bits per heavy atom. The Hall–Kier alpha value is -2.78. The standard InChI is InChI=1S/C16H17FN8/c1-23-6-8-24(9-7-23)25(14-5-3-2-4-12(14)17)16-18-10-13-15(21-16)22-20-11-19-13/h2-5,10-11H,6-9H2,1H3. The van der Waals surface area contributed by atoms with Crippen LogP contribution in [0.1, 0.15) is 0 Å². The Bertz CT molecular complexity index is 881. The van der Waals surface area contributed by atoms with Crippen LogP contribution in [0.4, 0.5) is 16.0 Å². The predicted molar refractivity (Wildman–Crippen MR) is 90.5 cm³/mol. The zero-order valence-corrected chi connectivity index (χ0v) is 13.7. The molecule has 3 aromatic rings. The fourth-order valence-corrected chi connectivity index (χ4v) is 2.80. The summed E-state index contributed by atoms with van der Waals surface area (Å²) in [5.74, 6) is 0.0202. The highest BCUT2D eigenvalue weighted by atomic mass is 19.1. The second-order valence-electron chi connectivity index (χ2n) is 5.86. The molecule has 8 nitrogen and oxygen atoms in total. The lowest BCUT2D eigenvalue weighted by atomic mass is 10.3. The smallest absolute Gasteiger partial charge is 0.247 e. The number of halogens is 1. The van der Waals surface area contributed by atoms with Crippen LogP contribution in [0.5, 0.6) is 0 Å². The monoisotopic (exact) mass is 340 g/mol. The molecule has 0 radical (unpaired) electrons. The third-order valence-electron chi connectivity index (χ3n) is 4.17. The van der Waals surface area contributed by atoms with E-state index in [0.717, 1.165) is 26.2 Å². The lowest BCUT2D eigenvalue weighted by molar-refractivity contribution is 0.152. The van der Waals surface area contributed by atoms with Crippen molar-refractivity contribution >= 4 is 22.8 Å². The molecule has 1 aliphatic rings. The normalized spacial score (nSPS) is 16.2. The maximum absolute atomic E-state index is 14.5. The molecule has 0 aliphatic carbocycles. The molecule has 1 fully saturated rings. The molecule has 1 aliphatic heterocycles. The number of piperazine rings is 1. The molecule has 0 unspecified atom stereocenters. The van der Waals surface area contributed by atoms with E-state index in [2.05, 4.69) is 37.1 Å². The second kappa shape index (κ2) is 6.61. The molecular formula is C16H17FN8. The molecule has 1 saturated heterocycles. The van der Waals surface area contributed by atoms with Gasteiger partial charge in [-0.3, -0.25) is 0 Å². The van der Waals surface area contributed by atoms with Crippen molar-refractivity contribution in [3.05, 3.63) is 42.6 Å². The first kappa shape index (κ1) is 15.7. The predicted octanol–water partition coefficient (Wildman–Crippen LogP) is 1.25. The summed E-state index contributed by atoms with van der Waals surface area (Å²) in [5, 5.41) is 11.5. The minimum absolute atomic E-state index is 0.331. The van der Waals surface area contributed by atoms with Crippen molar-refractivity contribution in [3.63, 3.8) is 0 Å². The highest BCUT2D eigenvalue weighted by molar-refractivity contribution is 5.70. The summed E-state index contributed by atoms with van der Waals surface area (Å²) in [6.07, 6.45) is 2.93. The number of benzene rings is 1. The summed E-state index contributed by atoms with van der Waals surface area (Å²) in [6, 6.07) is 6.61. The van der Waals surface area contributed by atoms with E-state index in [0.29, 0.717) is 22.8 Å². The number of nitrogens with zero attached hydrogens (tertiary/aromatic N) is 8. The first-order valence-corrected chi connectivity index (χ1v) is 8.01. The van der Waals surface area contributed by atoms with E-state index in [4.69, 9.17) is 0 Å². The van der Waals surface area contributed by atoms with Gasteiger partial charge in [-0.1, -0.05) is 12.1 Å². The van der Waals surface area contributed by atoms with Gasteiger partial charge in [-0.25, -0.2) is 24.4 Å². The highest BCUT2D eigenvalue weighted by Gasteiger charge is 2.26. The molecule has 0 bridgehead atoms. The Morgan fingerprint density at radius 2 is 1.88 bits per heavy atom. The molecule has 0 spiro atoms. The van der Waals surface area contributed by atoms with Crippen LogP contribution in [-0.2, 0) is 0 Å². The van der Waals surface area contributed by atoms with Crippen molar-refractivity contribution in [3.8, 4) is 0 Å². The van der Waals surface area contributed by atoms with Crippen molar-refractivity contribution in [2.75, 3.05) is 38.2 Å². The second-order valence-corrected chi connectivity index (χ2v) is 5.86. The lowest BCUT2D eigenvalue weighted by Gasteiger charge is -2.39. The average molecular weight is 340 g/mol. The first-order valence-electron chi connectivity index (χ1n) is 8.01. The zero-order chi connectivity index (χ0) is 17.2. The lowest BCUT2D eigenvalue weighted by Crippen LogP contribution is -2.52. The number of likely N-dealkylation sites (N-methyl/N-ethyl adjacent to an activating group) is 1. The zero-order valence-electron chi connectivity index (χ0n) is 13.7. The quantitative estimate of drug-likeness (QED) is 0.705. The third kappa shape index (κ3) is 3.11. The van der Waals surface area contributed by atoms with Crippen LogP contribution in [0.2, 0.25) is 0 Å². The summed E-state index contributed by atoms with van der Waals surface area (Å²) < 4.78 is 14.5. The van der Waals surface area contributed by atoms with E-state index in [9.17, 15) is 4.39 Å². The number of aromatic nitrogens is 5. The number of rotatable bonds is 3. The average Bonchev–Trinajstić information content (AvgIpc) is 2.65. The Balaban J connectivity index is 1.80. The number of fused-ring (bicyclic) bond motifs is 1. The van der Waals surface area contributed by atoms with Crippen LogP contribution in [0.3, 0.4) is 0 Å². The summed E-state index contributed by atoms with van der Waals surface area (Å²) >= 11 is 0. The number of hydrogen-bond donors (Lipinski definition) is 0. The molecule has 25 heavy (non-hydrogen) atoms. The SMILES string of the molecule is CN1CCN(N(c2ncc3ncnnc3n2)c2ccccc2F)CC1. The van der Waals surface area contributed by atoms with Crippen molar-refractivity contribution in [2.24, 2.45) is 0 Å². The van der Waals surface area contributed by atoms with Crippen LogP contribution >= 0.6 is 0 Å². The minimum atomic E-state index is -0.331. The molecule has 0 N–H and O–H groups in total. The summed E-state index contributed by atoms with van der Waals surface area (Å²) in [6.45, 7) is 3.23. The van der Waals surface area contributed by atoms with E-state index in [1.807, 2.05) is 5.01 Å². The van der Waals surface area contributed by atoms with E-state index in [1.54, 1.807) is 29.4 Å². The fraction of sp³-hybridized carbons (Fsp3) is 0.312. The van der Waals surface area contributed by atoms with Gasteiger partial charge in [0.2, 0.25) is 11.6 Å². The minimum Gasteiger partial charge on any atom is -0.304 e. The van der Waals surface area contributed by atoms with Gasteiger partial charge in [0, 0.05) is 26.2 Å². The molecule has 2 aromatic heterocycles. The van der Waals surface area contributed by atoms with Gasteiger partial charge in [0.25, 0.3) is 0 Å². The van der Waals surface area contributed by atoms with E-state index in [-0.39, 0.29) is 5.82 Å². The maximum atomic E-state index is 14.5. The molecular weight excluding hydrogens is 323 g/mol. The topological polar surface area (TPSA) is 74.2 Å². The number of para-hydroxylation sites is 1. The van der Waals surface area contributed by atoms with Crippen molar-refractivity contribution < 1.29 is 4.39 Å². The summed E-state index contributed by atoms with van der Waals surface area (Å²) in [5.41, 5.74) is 1.33. The highest BCUT2D eigenvalue weighted by Crippen LogP contribution is 2.28.